The molecule has 110 valence electrons. The molecule has 0 saturated carbocycles. The summed E-state index contributed by atoms with van der Waals surface area (Å²) in [6.45, 7) is -0.485. The first kappa shape index (κ1) is 16.1. The quantitative estimate of drug-likeness (QED) is 0.390. The molecule has 9 heteroatoms. The van der Waals surface area contributed by atoms with Crippen molar-refractivity contribution in [2.24, 2.45) is 0 Å². The van der Waals surface area contributed by atoms with Crippen molar-refractivity contribution < 1.29 is 32.4 Å². The Hall–Kier alpha value is -1.97. The molecular weight excluding hydrogens is 290 g/mol. The fraction of sp³-hybridized carbons (Fsp3) is 0.273. The Morgan fingerprint density at radius 3 is 2.40 bits per heavy atom. The number of aliphatic hydroxyl groups excluding tert-OH is 1. The molecule has 20 heavy (non-hydrogen) atoms. The summed E-state index contributed by atoms with van der Waals surface area (Å²) >= 11 is 0. The Kier molecular flexibility index (Phi) is 5.62. The van der Waals surface area contributed by atoms with E-state index in [1.165, 1.54) is 12.1 Å². The van der Waals surface area contributed by atoms with E-state index >= 15 is 0 Å². The molecule has 0 heterocycles. The number of rotatable bonds is 5. The van der Waals surface area contributed by atoms with Crippen molar-refractivity contribution in [1.29, 1.82) is 0 Å². The predicted molar refractivity (Wildman–Crippen MR) is 67.7 cm³/mol. The van der Waals surface area contributed by atoms with Crippen molar-refractivity contribution in [2.75, 3.05) is 12.3 Å². The lowest BCUT2D eigenvalue weighted by Crippen LogP contribution is -2.36. The lowest BCUT2D eigenvalue weighted by molar-refractivity contribution is 0.0614. The second kappa shape index (κ2) is 6.98. The second-order valence-corrected chi connectivity index (χ2v) is 5.32. The Labute approximate surface area is 115 Å². The van der Waals surface area contributed by atoms with Crippen molar-refractivity contribution in [3.63, 3.8) is 0 Å². The molecule has 1 atom stereocenters. The number of aliphatic hydroxyl groups is 1. The van der Waals surface area contributed by atoms with E-state index in [1.54, 1.807) is 18.2 Å². The average molecular weight is 303 g/mol. The number of esters is 1. The van der Waals surface area contributed by atoms with Gasteiger partial charge in [0.2, 0.25) is 0 Å². The molecule has 1 unspecified atom stereocenters. The van der Waals surface area contributed by atoms with Crippen LogP contribution in [-0.2, 0) is 14.9 Å². The molecule has 3 N–H and O–H groups in total. The van der Waals surface area contributed by atoms with Gasteiger partial charge in [0.1, 0.15) is 5.75 Å². The Morgan fingerprint density at radius 1 is 1.25 bits per heavy atom. The zero-order valence-corrected chi connectivity index (χ0v) is 11.0. The molecule has 0 aliphatic heterocycles. The summed E-state index contributed by atoms with van der Waals surface area (Å²) in [5.74, 6) is -1.81. The standard InChI is InChI=1S/C11H13NO7S/c13-9(7-20(16,17)18)6-12-11(15)19-10(14)8-4-2-1-3-5-8/h1-5,9,13H,6-7H2,(H,12,15)(H,16,17,18). The van der Waals surface area contributed by atoms with E-state index in [0.717, 1.165) is 0 Å². The highest BCUT2D eigenvalue weighted by atomic mass is 32.2. The SMILES string of the molecule is O=C(NCC(O)CS(=O)(=O)O)OC(=O)c1ccccc1. The maximum atomic E-state index is 11.4. The van der Waals surface area contributed by atoms with Gasteiger partial charge < -0.3 is 15.2 Å². The summed E-state index contributed by atoms with van der Waals surface area (Å²) in [7, 11) is -4.35. The molecule has 0 spiro atoms. The van der Waals surface area contributed by atoms with Crippen LogP contribution in [0.4, 0.5) is 4.79 Å². The topological polar surface area (TPSA) is 130 Å². The number of alkyl carbamates (subject to hydrolysis) is 1. The minimum Gasteiger partial charge on any atom is -0.390 e. The van der Waals surface area contributed by atoms with Gasteiger partial charge in [0.15, 0.2) is 0 Å². The highest BCUT2D eigenvalue weighted by Gasteiger charge is 2.17. The number of carbonyl (C=O) groups excluding carboxylic acids is 2. The zero-order valence-electron chi connectivity index (χ0n) is 10.2. The first-order valence-corrected chi connectivity index (χ1v) is 7.07. The molecule has 0 aliphatic rings. The van der Waals surface area contributed by atoms with Crippen molar-refractivity contribution in [2.45, 2.75) is 6.10 Å². The average Bonchev–Trinajstić information content (AvgIpc) is 2.35. The number of carbonyl (C=O) groups is 2. The fourth-order valence-corrected chi connectivity index (χ4v) is 1.86. The van der Waals surface area contributed by atoms with E-state index in [-0.39, 0.29) is 5.56 Å². The van der Waals surface area contributed by atoms with Gasteiger partial charge in [-0.05, 0) is 12.1 Å². The minimum absolute atomic E-state index is 0.168. The molecule has 1 rings (SSSR count). The number of amides is 1. The monoisotopic (exact) mass is 303 g/mol. The summed E-state index contributed by atoms with van der Waals surface area (Å²) in [5, 5.41) is 11.2. The van der Waals surface area contributed by atoms with Crippen LogP contribution in [0.2, 0.25) is 0 Å². The van der Waals surface area contributed by atoms with Crippen LogP contribution in [0.15, 0.2) is 30.3 Å². The maximum Gasteiger partial charge on any atom is 0.415 e. The van der Waals surface area contributed by atoms with Crippen LogP contribution < -0.4 is 5.32 Å². The first-order valence-electron chi connectivity index (χ1n) is 5.46. The molecule has 8 nitrogen and oxygen atoms in total. The van der Waals surface area contributed by atoms with Gasteiger partial charge in [-0.15, -0.1) is 0 Å². The lowest BCUT2D eigenvalue weighted by Gasteiger charge is -2.09. The van der Waals surface area contributed by atoms with Crippen LogP contribution in [0.3, 0.4) is 0 Å². The van der Waals surface area contributed by atoms with Gasteiger partial charge in [-0.2, -0.15) is 8.42 Å². The van der Waals surface area contributed by atoms with E-state index in [2.05, 4.69) is 4.74 Å². The molecule has 1 amide bonds. The fourth-order valence-electron chi connectivity index (χ4n) is 1.26. The summed E-state index contributed by atoms with van der Waals surface area (Å²) in [5.41, 5.74) is 0.168. The van der Waals surface area contributed by atoms with Crippen LogP contribution in [0, 0.1) is 0 Å². The van der Waals surface area contributed by atoms with Gasteiger partial charge >= 0.3 is 12.1 Å². The predicted octanol–water partition coefficient (Wildman–Crippen LogP) is -0.198. The van der Waals surface area contributed by atoms with Crippen molar-refractivity contribution in [3.05, 3.63) is 35.9 Å². The van der Waals surface area contributed by atoms with Gasteiger partial charge in [-0.3, -0.25) is 4.55 Å². The van der Waals surface area contributed by atoms with E-state index in [4.69, 9.17) is 4.55 Å². The first-order chi connectivity index (χ1) is 9.28. The van der Waals surface area contributed by atoms with Crippen LogP contribution in [0.25, 0.3) is 0 Å². The lowest BCUT2D eigenvalue weighted by atomic mass is 10.2. The van der Waals surface area contributed by atoms with Gasteiger partial charge in [-0.1, -0.05) is 18.2 Å². The van der Waals surface area contributed by atoms with Gasteiger partial charge in [0.25, 0.3) is 10.1 Å². The third-order valence-electron chi connectivity index (χ3n) is 2.08. The Balaban J connectivity index is 2.39. The van der Waals surface area contributed by atoms with Crippen LogP contribution >= 0.6 is 0 Å². The normalized spacial score (nSPS) is 12.5. The summed E-state index contributed by atoms with van der Waals surface area (Å²) in [4.78, 5) is 22.7. The third kappa shape index (κ3) is 6.27. The van der Waals surface area contributed by atoms with E-state index < -0.39 is 40.6 Å². The molecule has 1 aromatic rings. The number of nitrogens with one attached hydrogen (secondary N) is 1. The van der Waals surface area contributed by atoms with E-state index in [0.29, 0.717) is 0 Å². The minimum atomic E-state index is -4.35. The third-order valence-corrected chi connectivity index (χ3v) is 2.89. The molecular formula is C11H13NO7S. The summed E-state index contributed by atoms with van der Waals surface area (Å²) < 4.78 is 33.8. The van der Waals surface area contributed by atoms with Crippen molar-refractivity contribution >= 4 is 22.2 Å². The Morgan fingerprint density at radius 2 is 1.85 bits per heavy atom. The summed E-state index contributed by atoms with van der Waals surface area (Å²) in [6, 6.07) is 7.75. The largest absolute Gasteiger partial charge is 0.415 e. The van der Waals surface area contributed by atoms with Gasteiger partial charge in [0, 0.05) is 6.54 Å². The van der Waals surface area contributed by atoms with E-state index in [9.17, 15) is 23.1 Å². The number of benzene rings is 1. The second-order valence-electron chi connectivity index (χ2n) is 3.83. The Bertz CT molecular complexity index is 570. The molecule has 0 fully saturated rings. The zero-order chi connectivity index (χ0) is 15.2. The van der Waals surface area contributed by atoms with Gasteiger partial charge in [-0.25, -0.2) is 9.59 Å². The number of ether oxygens (including phenoxy) is 1. The highest BCUT2D eigenvalue weighted by molar-refractivity contribution is 7.85. The molecule has 0 bridgehead atoms. The molecule has 0 aromatic heterocycles. The van der Waals surface area contributed by atoms with Gasteiger partial charge in [0.05, 0.1) is 11.7 Å². The van der Waals surface area contributed by atoms with Crippen LogP contribution in [0.5, 0.6) is 0 Å². The van der Waals surface area contributed by atoms with E-state index in [1.807, 2.05) is 5.32 Å². The molecule has 0 aliphatic carbocycles. The molecule has 0 saturated heterocycles. The van der Waals surface area contributed by atoms with Crippen LogP contribution in [0.1, 0.15) is 10.4 Å². The summed E-state index contributed by atoms with van der Waals surface area (Å²) in [6.07, 6.45) is -2.64. The highest BCUT2D eigenvalue weighted by Crippen LogP contribution is 2.01. The van der Waals surface area contributed by atoms with Crippen molar-refractivity contribution in [1.82, 2.24) is 5.32 Å². The molecule has 0 radical (unpaired) electrons. The maximum absolute atomic E-state index is 11.4. The molecule has 1 aromatic carbocycles. The number of hydrogen-bond donors (Lipinski definition) is 3. The smallest absolute Gasteiger partial charge is 0.390 e. The number of hydrogen-bond acceptors (Lipinski definition) is 6. The van der Waals surface area contributed by atoms with Crippen LogP contribution in [-0.4, -0.2) is 48.5 Å². The van der Waals surface area contributed by atoms with Crippen molar-refractivity contribution in [3.8, 4) is 0 Å².